The molecule has 28 heavy (non-hydrogen) atoms. The van der Waals surface area contributed by atoms with Gasteiger partial charge in [-0.1, -0.05) is 29.8 Å². The Bertz CT molecular complexity index is 1180. The van der Waals surface area contributed by atoms with Crippen molar-refractivity contribution in [1.29, 1.82) is 0 Å². The van der Waals surface area contributed by atoms with E-state index in [0.29, 0.717) is 22.6 Å². The molecule has 4 rings (SSSR count). The molecule has 0 atom stereocenters. The average molecular weight is 393 g/mol. The first kappa shape index (κ1) is 17.9. The lowest BCUT2D eigenvalue weighted by atomic mass is 10.2. The fourth-order valence-corrected chi connectivity index (χ4v) is 2.94. The van der Waals surface area contributed by atoms with Crippen LogP contribution in [0.3, 0.4) is 0 Å². The van der Waals surface area contributed by atoms with Crippen LogP contribution in [0.5, 0.6) is 0 Å². The van der Waals surface area contributed by atoms with Crippen molar-refractivity contribution in [2.24, 2.45) is 0 Å². The summed E-state index contributed by atoms with van der Waals surface area (Å²) in [6.45, 7) is 0. The molecule has 4 aromatic rings. The van der Waals surface area contributed by atoms with Gasteiger partial charge in [-0.25, -0.2) is 4.39 Å². The van der Waals surface area contributed by atoms with E-state index in [2.05, 4.69) is 20.6 Å². The number of hydrogen-bond donors (Lipinski definition) is 2. The molecule has 0 spiro atoms. The van der Waals surface area contributed by atoms with Gasteiger partial charge in [-0.15, -0.1) is 0 Å². The van der Waals surface area contributed by atoms with Gasteiger partial charge in [-0.05, 0) is 42.5 Å². The Kier molecular flexibility index (Phi) is 4.87. The lowest BCUT2D eigenvalue weighted by Crippen LogP contribution is -2.14. The minimum atomic E-state index is -0.495. The number of carbonyl (C=O) groups excluding carboxylic acids is 1. The number of nitrogens with zero attached hydrogens (tertiary/aromatic N) is 2. The first-order valence-electron chi connectivity index (χ1n) is 8.43. The van der Waals surface area contributed by atoms with E-state index < -0.39 is 5.82 Å². The van der Waals surface area contributed by atoms with Gasteiger partial charge in [0.15, 0.2) is 0 Å². The number of aromatic nitrogens is 2. The van der Waals surface area contributed by atoms with E-state index in [9.17, 15) is 9.18 Å². The highest BCUT2D eigenvalue weighted by atomic mass is 35.5. The van der Waals surface area contributed by atoms with Crippen LogP contribution in [0.4, 0.5) is 21.5 Å². The van der Waals surface area contributed by atoms with Crippen LogP contribution < -0.4 is 10.6 Å². The molecule has 0 aliphatic rings. The van der Waals surface area contributed by atoms with E-state index in [4.69, 9.17) is 11.6 Å². The first-order valence-corrected chi connectivity index (χ1v) is 8.81. The molecular weight excluding hydrogens is 379 g/mol. The second-order valence-corrected chi connectivity index (χ2v) is 6.43. The maximum atomic E-state index is 13.3. The van der Waals surface area contributed by atoms with Crippen molar-refractivity contribution in [3.8, 4) is 0 Å². The number of carbonyl (C=O) groups is 1. The van der Waals surface area contributed by atoms with Crippen molar-refractivity contribution in [3.63, 3.8) is 0 Å². The van der Waals surface area contributed by atoms with Crippen molar-refractivity contribution in [3.05, 3.63) is 89.6 Å². The molecule has 7 heteroatoms. The summed E-state index contributed by atoms with van der Waals surface area (Å²) in [6.07, 6.45) is 3.19. The molecule has 2 heterocycles. The van der Waals surface area contributed by atoms with Crippen molar-refractivity contribution < 1.29 is 9.18 Å². The molecule has 5 nitrogen and oxygen atoms in total. The predicted molar refractivity (Wildman–Crippen MR) is 109 cm³/mol. The quantitative estimate of drug-likeness (QED) is 0.486. The summed E-state index contributed by atoms with van der Waals surface area (Å²) < 4.78 is 13.3. The number of amides is 1. The standard InChI is InChI=1S/C21H14ClFN4O/c22-16-11-14(6-7-17(16)23)26-15-8-10-24-19(12-15)21(28)27-18-5-1-3-13-4-2-9-25-20(13)18/h1-12H,(H,24,26)(H,27,28). The van der Waals surface area contributed by atoms with E-state index in [0.717, 1.165) is 5.39 Å². The molecule has 2 N–H and O–H groups in total. The molecule has 0 aliphatic heterocycles. The molecule has 0 unspecified atom stereocenters. The number of anilines is 3. The molecule has 0 saturated heterocycles. The van der Waals surface area contributed by atoms with Crippen LogP contribution in [-0.2, 0) is 0 Å². The van der Waals surface area contributed by atoms with Gasteiger partial charge >= 0.3 is 0 Å². The number of benzene rings is 2. The number of rotatable bonds is 4. The van der Waals surface area contributed by atoms with E-state index in [-0.39, 0.29) is 16.6 Å². The summed E-state index contributed by atoms with van der Waals surface area (Å²) in [5, 5.41) is 6.87. The summed E-state index contributed by atoms with van der Waals surface area (Å²) in [5.74, 6) is -0.857. The highest BCUT2D eigenvalue weighted by Gasteiger charge is 2.11. The van der Waals surface area contributed by atoms with Gasteiger partial charge in [0.05, 0.1) is 16.2 Å². The Balaban J connectivity index is 1.56. The molecule has 2 aromatic carbocycles. The topological polar surface area (TPSA) is 66.9 Å². The summed E-state index contributed by atoms with van der Waals surface area (Å²) >= 11 is 5.80. The van der Waals surface area contributed by atoms with E-state index in [1.54, 1.807) is 30.5 Å². The zero-order chi connectivity index (χ0) is 19.5. The lowest BCUT2D eigenvalue weighted by Gasteiger charge is -2.10. The maximum absolute atomic E-state index is 13.3. The SMILES string of the molecule is O=C(Nc1cccc2cccnc12)c1cc(Nc2ccc(F)c(Cl)c2)ccn1. The molecule has 0 aliphatic carbocycles. The summed E-state index contributed by atoms with van der Waals surface area (Å²) in [6, 6.07) is 16.9. The largest absolute Gasteiger partial charge is 0.355 e. The third kappa shape index (κ3) is 3.77. The smallest absolute Gasteiger partial charge is 0.274 e. The summed E-state index contributed by atoms with van der Waals surface area (Å²) in [5.41, 5.74) is 2.76. The maximum Gasteiger partial charge on any atom is 0.274 e. The Morgan fingerprint density at radius 1 is 0.929 bits per heavy atom. The van der Waals surface area contributed by atoms with Gasteiger partial charge in [0, 0.05) is 29.2 Å². The van der Waals surface area contributed by atoms with Gasteiger partial charge in [-0.3, -0.25) is 14.8 Å². The lowest BCUT2D eigenvalue weighted by molar-refractivity contribution is 0.102. The Morgan fingerprint density at radius 2 is 1.75 bits per heavy atom. The van der Waals surface area contributed by atoms with Gasteiger partial charge in [-0.2, -0.15) is 0 Å². The van der Waals surface area contributed by atoms with Crippen LogP contribution >= 0.6 is 11.6 Å². The zero-order valence-electron chi connectivity index (χ0n) is 14.5. The summed E-state index contributed by atoms with van der Waals surface area (Å²) in [4.78, 5) is 21.1. The Hall–Kier alpha value is -3.51. The molecule has 0 radical (unpaired) electrons. The number of pyridine rings is 2. The number of para-hydroxylation sites is 1. The molecule has 1 amide bonds. The normalized spacial score (nSPS) is 10.6. The molecule has 138 valence electrons. The fourth-order valence-electron chi connectivity index (χ4n) is 2.76. The van der Waals surface area contributed by atoms with E-state index >= 15 is 0 Å². The van der Waals surface area contributed by atoms with Gasteiger partial charge in [0.1, 0.15) is 11.5 Å². The molecular formula is C21H14ClFN4O. The monoisotopic (exact) mass is 392 g/mol. The van der Waals surface area contributed by atoms with Gasteiger partial charge < -0.3 is 10.6 Å². The number of nitrogens with one attached hydrogen (secondary N) is 2. The van der Waals surface area contributed by atoms with Crippen LogP contribution in [0.15, 0.2) is 73.1 Å². The molecule has 0 saturated carbocycles. The molecule has 0 fully saturated rings. The Morgan fingerprint density at radius 3 is 2.61 bits per heavy atom. The number of fused-ring (bicyclic) bond motifs is 1. The van der Waals surface area contributed by atoms with Gasteiger partial charge in [0.2, 0.25) is 0 Å². The van der Waals surface area contributed by atoms with Crippen LogP contribution in [0, 0.1) is 5.82 Å². The van der Waals surface area contributed by atoms with Crippen LogP contribution in [0.2, 0.25) is 5.02 Å². The highest BCUT2D eigenvalue weighted by Crippen LogP contribution is 2.24. The van der Waals surface area contributed by atoms with Crippen molar-refractivity contribution in [2.45, 2.75) is 0 Å². The number of hydrogen-bond acceptors (Lipinski definition) is 4. The van der Waals surface area contributed by atoms with Crippen molar-refractivity contribution >= 4 is 45.5 Å². The third-order valence-electron chi connectivity index (χ3n) is 4.08. The average Bonchev–Trinajstić information content (AvgIpc) is 2.71. The minimum absolute atomic E-state index is 0.0143. The minimum Gasteiger partial charge on any atom is -0.355 e. The van der Waals surface area contributed by atoms with Crippen molar-refractivity contribution in [1.82, 2.24) is 9.97 Å². The molecule has 0 bridgehead atoms. The van der Waals surface area contributed by atoms with Gasteiger partial charge in [0.25, 0.3) is 5.91 Å². The van der Waals surface area contributed by atoms with Crippen LogP contribution in [-0.4, -0.2) is 15.9 Å². The number of halogens is 2. The van der Waals surface area contributed by atoms with Crippen LogP contribution in [0.25, 0.3) is 10.9 Å². The third-order valence-corrected chi connectivity index (χ3v) is 4.37. The van der Waals surface area contributed by atoms with Crippen LogP contribution in [0.1, 0.15) is 10.5 Å². The second-order valence-electron chi connectivity index (χ2n) is 6.02. The second kappa shape index (κ2) is 7.62. The Labute approximate surface area is 165 Å². The summed E-state index contributed by atoms with van der Waals surface area (Å²) in [7, 11) is 0. The predicted octanol–water partition coefficient (Wildman–Crippen LogP) is 5.42. The highest BCUT2D eigenvalue weighted by molar-refractivity contribution is 6.31. The van der Waals surface area contributed by atoms with E-state index in [1.807, 2.05) is 24.3 Å². The van der Waals surface area contributed by atoms with E-state index in [1.165, 1.54) is 18.3 Å². The van der Waals surface area contributed by atoms with Crippen molar-refractivity contribution in [2.75, 3.05) is 10.6 Å². The molecule has 2 aromatic heterocycles. The first-order chi connectivity index (χ1) is 13.6. The fraction of sp³-hybridized carbons (Fsp3) is 0. The zero-order valence-corrected chi connectivity index (χ0v) is 15.2.